The number of carbonyl (C=O) groups excluding carboxylic acids is 1. The number of amides is 1. The molecular formula is C15H31N3O. The van der Waals surface area contributed by atoms with Gasteiger partial charge in [0.05, 0.1) is 5.54 Å². The molecule has 0 bridgehead atoms. The minimum absolute atomic E-state index is 0.271. The van der Waals surface area contributed by atoms with E-state index < -0.39 is 5.54 Å². The summed E-state index contributed by atoms with van der Waals surface area (Å²) in [6.45, 7) is 12.2. The fraction of sp³-hybridized carbons (Fsp3) is 0.933. The monoisotopic (exact) mass is 269 g/mol. The van der Waals surface area contributed by atoms with Crippen LogP contribution < -0.4 is 11.1 Å². The highest BCUT2D eigenvalue weighted by molar-refractivity contribution is 5.84. The number of nitrogens with one attached hydrogen (secondary N) is 1. The summed E-state index contributed by atoms with van der Waals surface area (Å²) in [4.78, 5) is 14.2. The first-order valence-electron chi connectivity index (χ1n) is 7.45. The second kappa shape index (κ2) is 6.23. The Bertz CT molecular complexity index is 321. The Balaban J connectivity index is 2.76. The van der Waals surface area contributed by atoms with Crippen LogP contribution in [0.1, 0.15) is 47.5 Å². The molecule has 1 rings (SSSR count). The Morgan fingerprint density at radius 1 is 1.47 bits per heavy atom. The molecule has 1 aliphatic rings. The summed E-state index contributed by atoms with van der Waals surface area (Å²) in [6, 6.07) is 0.922. The number of piperidine rings is 1. The lowest BCUT2D eigenvalue weighted by Crippen LogP contribution is -2.57. The van der Waals surface area contributed by atoms with Gasteiger partial charge in [-0.3, -0.25) is 9.69 Å². The fourth-order valence-corrected chi connectivity index (χ4v) is 3.37. The number of likely N-dealkylation sites (tertiary alicyclic amines) is 1. The van der Waals surface area contributed by atoms with Gasteiger partial charge in [0, 0.05) is 18.6 Å². The van der Waals surface area contributed by atoms with Crippen LogP contribution in [-0.2, 0) is 4.79 Å². The van der Waals surface area contributed by atoms with Crippen molar-refractivity contribution >= 4 is 5.91 Å². The van der Waals surface area contributed by atoms with Gasteiger partial charge in [0.1, 0.15) is 0 Å². The molecular weight excluding hydrogens is 238 g/mol. The average molecular weight is 269 g/mol. The Morgan fingerprint density at radius 3 is 2.53 bits per heavy atom. The van der Waals surface area contributed by atoms with Crippen LogP contribution in [0.15, 0.2) is 0 Å². The van der Waals surface area contributed by atoms with E-state index in [0.29, 0.717) is 18.0 Å². The molecule has 1 heterocycles. The highest BCUT2D eigenvalue weighted by Crippen LogP contribution is 2.30. The Morgan fingerprint density at radius 2 is 2.05 bits per heavy atom. The number of hydrogen-bond acceptors (Lipinski definition) is 3. The Labute approximate surface area is 118 Å². The van der Waals surface area contributed by atoms with Crippen LogP contribution in [0.3, 0.4) is 0 Å². The molecule has 1 fully saturated rings. The molecule has 0 spiro atoms. The van der Waals surface area contributed by atoms with Gasteiger partial charge in [-0.1, -0.05) is 13.8 Å². The molecule has 3 N–H and O–H groups in total. The van der Waals surface area contributed by atoms with Crippen molar-refractivity contribution in [2.24, 2.45) is 17.6 Å². The van der Waals surface area contributed by atoms with E-state index in [1.165, 1.54) is 6.42 Å². The lowest BCUT2D eigenvalue weighted by molar-refractivity contribution is -0.124. The van der Waals surface area contributed by atoms with Crippen LogP contribution in [0.2, 0.25) is 0 Å². The van der Waals surface area contributed by atoms with Crippen molar-refractivity contribution in [3.8, 4) is 0 Å². The van der Waals surface area contributed by atoms with Crippen LogP contribution in [0.4, 0.5) is 0 Å². The second-order valence-electron chi connectivity index (χ2n) is 6.76. The molecule has 1 saturated heterocycles. The van der Waals surface area contributed by atoms with Crippen molar-refractivity contribution in [1.82, 2.24) is 10.2 Å². The summed E-state index contributed by atoms with van der Waals surface area (Å²) in [5.41, 5.74) is 4.91. The zero-order valence-corrected chi connectivity index (χ0v) is 13.4. The summed E-state index contributed by atoms with van der Waals surface area (Å²) in [5, 5.41) is 3.08. The maximum Gasteiger partial charge on any atom is 0.237 e. The lowest BCUT2D eigenvalue weighted by atomic mass is 9.83. The highest BCUT2D eigenvalue weighted by atomic mass is 16.1. The number of carbonyl (C=O) groups is 1. The van der Waals surface area contributed by atoms with E-state index in [-0.39, 0.29) is 5.91 Å². The molecule has 4 heteroatoms. The van der Waals surface area contributed by atoms with Crippen LogP contribution in [0.25, 0.3) is 0 Å². The van der Waals surface area contributed by atoms with Gasteiger partial charge in [0.25, 0.3) is 0 Å². The van der Waals surface area contributed by atoms with Crippen molar-refractivity contribution in [3.63, 3.8) is 0 Å². The summed E-state index contributed by atoms with van der Waals surface area (Å²) in [7, 11) is 1.81. The molecule has 19 heavy (non-hydrogen) atoms. The Hall–Kier alpha value is -0.610. The smallest absolute Gasteiger partial charge is 0.237 e. The van der Waals surface area contributed by atoms with Crippen molar-refractivity contribution in [2.45, 2.75) is 65.1 Å². The van der Waals surface area contributed by atoms with Gasteiger partial charge in [-0.2, -0.15) is 0 Å². The number of nitrogens with zero attached hydrogens (tertiary/aromatic N) is 1. The topological polar surface area (TPSA) is 58.4 Å². The van der Waals surface area contributed by atoms with Gasteiger partial charge in [0.2, 0.25) is 5.91 Å². The first-order valence-corrected chi connectivity index (χ1v) is 7.45. The molecule has 4 nitrogen and oxygen atoms in total. The number of primary amides is 1. The summed E-state index contributed by atoms with van der Waals surface area (Å²) in [5.74, 6) is 1.16. The van der Waals surface area contributed by atoms with Gasteiger partial charge in [-0.25, -0.2) is 0 Å². The largest absolute Gasteiger partial charge is 0.368 e. The van der Waals surface area contributed by atoms with Gasteiger partial charge in [0.15, 0.2) is 0 Å². The number of hydrogen-bond donors (Lipinski definition) is 2. The molecule has 5 atom stereocenters. The number of nitrogens with two attached hydrogens (primary N) is 1. The lowest BCUT2D eigenvalue weighted by Gasteiger charge is -2.46. The zero-order valence-electron chi connectivity index (χ0n) is 13.4. The van der Waals surface area contributed by atoms with E-state index in [2.05, 4.69) is 37.9 Å². The fourth-order valence-electron chi connectivity index (χ4n) is 3.37. The molecule has 0 saturated carbocycles. The molecule has 112 valence electrons. The minimum Gasteiger partial charge on any atom is -0.368 e. The van der Waals surface area contributed by atoms with E-state index in [4.69, 9.17) is 5.73 Å². The van der Waals surface area contributed by atoms with E-state index in [1.54, 1.807) is 0 Å². The standard InChI is InChI=1S/C15H31N3O/c1-10-7-11(2)13(4)18(9-10)12(3)8-15(5,17-6)14(16)19/h10-13,17H,7-9H2,1-6H3,(H2,16,19). The van der Waals surface area contributed by atoms with Crippen LogP contribution in [0, 0.1) is 11.8 Å². The van der Waals surface area contributed by atoms with E-state index >= 15 is 0 Å². The van der Waals surface area contributed by atoms with E-state index in [1.807, 2.05) is 14.0 Å². The Kier molecular flexibility index (Phi) is 5.39. The normalized spacial score (nSPS) is 33.7. The van der Waals surface area contributed by atoms with Gasteiger partial charge >= 0.3 is 0 Å². The third-order valence-corrected chi connectivity index (χ3v) is 5.01. The molecule has 1 amide bonds. The first kappa shape index (κ1) is 16.4. The molecule has 0 aliphatic carbocycles. The van der Waals surface area contributed by atoms with Crippen molar-refractivity contribution in [3.05, 3.63) is 0 Å². The van der Waals surface area contributed by atoms with Crippen LogP contribution >= 0.6 is 0 Å². The van der Waals surface area contributed by atoms with Gasteiger partial charge in [-0.15, -0.1) is 0 Å². The molecule has 1 aliphatic heterocycles. The van der Waals surface area contributed by atoms with Crippen molar-refractivity contribution in [2.75, 3.05) is 13.6 Å². The number of likely N-dealkylation sites (N-methyl/N-ethyl adjacent to an activating group) is 1. The first-order chi connectivity index (χ1) is 8.71. The predicted octanol–water partition coefficient (Wildman–Crippen LogP) is 1.59. The molecule has 0 radical (unpaired) electrons. The second-order valence-corrected chi connectivity index (χ2v) is 6.76. The van der Waals surface area contributed by atoms with Crippen molar-refractivity contribution in [1.29, 1.82) is 0 Å². The molecule has 0 aromatic rings. The molecule has 5 unspecified atom stereocenters. The maximum atomic E-state index is 11.6. The SMILES string of the molecule is CNC(C)(CC(C)N1CC(C)CC(C)C1C)C(N)=O. The molecule has 0 aromatic carbocycles. The molecule has 0 aromatic heterocycles. The van der Waals surface area contributed by atoms with E-state index in [0.717, 1.165) is 18.9 Å². The highest BCUT2D eigenvalue weighted by Gasteiger charge is 2.37. The third kappa shape index (κ3) is 3.69. The van der Waals surface area contributed by atoms with Gasteiger partial charge < -0.3 is 11.1 Å². The third-order valence-electron chi connectivity index (χ3n) is 5.01. The quantitative estimate of drug-likeness (QED) is 0.797. The zero-order chi connectivity index (χ0) is 14.8. The van der Waals surface area contributed by atoms with Crippen molar-refractivity contribution < 1.29 is 4.79 Å². The minimum atomic E-state index is -0.622. The van der Waals surface area contributed by atoms with Gasteiger partial charge in [-0.05, 0) is 52.5 Å². The van der Waals surface area contributed by atoms with E-state index in [9.17, 15) is 4.79 Å². The maximum absolute atomic E-state index is 11.6. The summed E-state index contributed by atoms with van der Waals surface area (Å²) < 4.78 is 0. The summed E-state index contributed by atoms with van der Waals surface area (Å²) in [6.07, 6.45) is 2.05. The van der Waals surface area contributed by atoms with Crippen LogP contribution in [-0.4, -0.2) is 42.0 Å². The number of rotatable bonds is 5. The predicted molar refractivity (Wildman–Crippen MR) is 79.9 cm³/mol. The summed E-state index contributed by atoms with van der Waals surface area (Å²) >= 11 is 0. The average Bonchev–Trinajstić information content (AvgIpc) is 2.33. The van der Waals surface area contributed by atoms with Crippen LogP contribution in [0.5, 0.6) is 0 Å².